The standard InChI is InChI=1S/C23H25FN2O4/c1-28-23-12-20(21(24)13-25-23)18-6-7-22(19-5-3-2-4-17(18)19)30-15-16(27)14-26-8-10-29-11-9-26/h2-7,12-13,16,27H,8-11,14-15H2,1H3. The quantitative estimate of drug-likeness (QED) is 0.643. The van der Waals surface area contributed by atoms with E-state index in [0.29, 0.717) is 37.0 Å². The van der Waals surface area contributed by atoms with Crippen LogP contribution in [0.5, 0.6) is 11.6 Å². The molecule has 1 N–H and O–H groups in total. The second-order valence-corrected chi connectivity index (χ2v) is 7.24. The number of morpholine rings is 1. The molecule has 0 saturated carbocycles. The lowest BCUT2D eigenvalue weighted by molar-refractivity contribution is 0.00480. The van der Waals surface area contributed by atoms with E-state index in [0.717, 1.165) is 35.6 Å². The molecule has 1 aromatic heterocycles. The van der Waals surface area contributed by atoms with Gasteiger partial charge in [-0.1, -0.05) is 24.3 Å². The van der Waals surface area contributed by atoms with Crippen molar-refractivity contribution in [3.05, 3.63) is 54.5 Å². The highest BCUT2D eigenvalue weighted by molar-refractivity contribution is 6.00. The predicted molar refractivity (Wildman–Crippen MR) is 112 cm³/mol. The number of halogens is 1. The molecule has 158 valence electrons. The molecule has 3 aromatic rings. The van der Waals surface area contributed by atoms with Crippen LogP contribution in [0.25, 0.3) is 21.9 Å². The van der Waals surface area contributed by atoms with Crippen LogP contribution in [-0.4, -0.2) is 67.7 Å². The van der Waals surface area contributed by atoms with Gasteiger partial charge in [-0.05, 0) is 23.1 Å². The van der Waals surface area contributed by atoms with Gasteiger partial charge in [-0.2, -0.15) is 0 Å². The summed E-state index contributed by atoms with van der Waals surface area (Å²) in [5.41, 5.74) is 1.14. The van der Waals surface area contributed by atoms with Crippen molar-refractivity contribution >= 4 is 10.8 Å². The van der Waals surface area contributed by atoms with Gasteiger partial charge in [-0.15, -0.1) is 0 Å². The fraction of sp³-hybridized carbons (Fsp3) is 0.348. The molecule has 2 heterocycles. The molecule has 1 fully saturated rings. The van der Waals surface area contributed by atoms with E-state index in [1.165, 1.54) is 7.11 Å². The fourth-order valence-electron chi connectivity index (χ4n) is 3.69. The van der Waals surface area contributed by atoms with Crippen LogP contribution in [-0.2, 0) is 4.74 Å². The first-order chi connectivity index (χ1) is 14.7. The van der Waals surface area contributed by atoms with Gasteiger partial charge in [0.25, 0.3) is 0 Å². The Balaban J connectivity index is 1.57. The highest BCUT2D eigenvalue weighted by Crippen LogP contribution is 2.36. The topological polar surface area (TPSA) is 64.0 Å². The molecule has 0 aliphatic carbocycles. The number of β-amino-alcohol motifs (C(OH)–C–C–N with tert-alkyl or cyclic N) is 1. The third-order valence-corrected chi connectivity index (χ3v) is 5.22. The van der Waals surface area contributed by atoms with Crippen LogP contribution in [0.2, 0.25) is 0 Å². The van der Waals surface area contributed by atoms with Gasteiger partial charge >= 0.3 is 0 Å². The predicted octanol–water partition coefficient (Wildman–Crippen LogP) is 3.12. The smallest absolute Gasteiger partial charge is 0.213 e. The van der Waals surface area contributed by atoms with E-state index >= 15 is 0 Å². The average Bonchev–Trinajstić information content (AvgIpc) is 2.78. The molecule has 4 rings (SSSR count). The van der Waals surface area contributed by atoms with Gasteiger partial charge in [0, 0.05) is 36.7 Å². The van der Waals surface area contributed by atoms with Crippen molar-refractivity contribution < 1.29 is 23.7 Å². The number of ether oxygens (including phenoxy) is 3. The van der Waals surface area contributed by atoms with Gasteiger partial charge in [-0.25, -0.2) is 9.37 Å². The Morgan fingerprint density at radius 1 is 1.13 bits per heavy atom. The zero-order chi connectivity index (χ0) is 20.9. The third-order valence-electron chi connectivity index (χ3n) is 5.22. The van der Waals surface area contributed by atoms with E-state index in [1.54, 1.807) is 6.07 Å². The van der Waals surface area contributed by atoms with Gasteiger partial charge in [0.15, 0.2) is 0 Å². The van der Waals surface area contributed by atoms with E-state index < -0.39 is 11.9 Å². The zero-order valence-corrected chi connectivity index (χ0v) is 16.9. The minimum atomic E-state index is -0.608. The van der Waals surface area contributed by atoms with E-state index in [1.807, 2.05) is 36.4 Å². The molecule has 0 amide bonds. The summed E-state index contributed by atoms with van der Waals surface area (Å²) in [6.45, 7) is 3.73. The molecule has 1 aliphatic heterocycles. The molecule has 0 radical (unpaired) electrons. The maximum atomic E-state index is 14.5. The molecular weight excluding hydrogens is 387 g/mol. The van der Waals surface area contributed by atoms with E-state index in [2.05, 4.69) is 9.88 Å². The monoisotopic (exact) mass is 412 g/mol. The average molecular weight is 412 g/mol. The summed E-state index contributed by atoms with van der Waals surface area (Å²) in [6.07, 6.45) is 0.554. The van der Waals surface area contributed by atoms with Crippen LogP contribution in [0.1, 0.15) is 0 Å². The Bertz CT molecular complexity index is 1010. The molecule has 30 heavy (non-hydrogen) atoms. The summed E-state index contributed by atoms with van der Waals surface area (Å²) in [7, 11) is 1.50. The number of aliphatic hydroxyl groups is 1. The molecule has 2 aromatic carbocycles. The largest absolute Gasteiger partial charge is 0.490 e. The summed E-state index contributed by atoms with van der Waals surface area (Å²) in [4.78, 5) is 6.08. The summed E-state index contributed by atoms with van der Waals surface area (Å²) in [5.74, 6) is 0.578. The number of hydrogen-bond donors (Lipinski definition) is 1. The first-order valence-corrected chi connectivity index (χ1v) is 9.98. The maximum absolute atomic E-state index is 14.5. The summed E-state index contributed by atoms with van der Waals surface area (Å²) in [6, 6.07) is 12.9. The summed E-state index contributed by atoms with van der Waals surface area (Å²) in [5, 5.41) is 12.1. The van der Waals surface area contributed by atoms with Crippen molar-refractivity contribution in [2.45, 2.75) is 6.10 Å². The Kier molecular flexibility index (Phi) is 6.42. The van der Waals surface area contributed by atoms with Crippen molar-refractivity contribution in [3.63, 3.8) is 0 Å². The Morgan fingerprint density at radius 3 is 2.67 bits per heavy atom. The van der Waals surface area contributed by atoms with Crippen molar-refractivity contribution in [2.24, 2.45) is 0 Å². The number of hydrogen-bond acceptors (Lipinski definition) is 6. The lowest BCUT2D eigenvalue weighted by atomic mass is 9.98. The highest BCUT2D eigenvalue weighted by Gasteiger charge is 2.17. The minimum absolute atomic E-state index is 0.179. The minimum Gasteiger partial charge on any atom is -0.490 e. The Hall–Kier alpha value is -2.74. The molecule has 7 heteroatoms. The zero-order valence-electron chi connectivity index (χ0n) is 16.9. The molecule has 0 bridgehead atoms. The number of fused-ring (bicyclic) bond motifs is 1. The number of aliphatic hydroxyl groups excluding tert-OH is 1. The normalized spacial score (nSPS) is 15.8. The molecule has 1 atom stereocenters. The SMILES string of the molecule is COc1cc(-c2ccc(OCC(O)CN3CCOCC3)c3ccccc23)c(F)cn1. The molecule has 0 spiro atoms. The Morgan fingerprint density at radius 2 is 1.90 bits per heavy atom. The second-order valence-electron chi connectivity index (χ2n) is 7.24. The fourth-order valence-corrected chi connectivity index (χ4v) is 3.69. The molecule has 1 aliphatic rings. The first kappa shape index (κ1) is 20.5. The maximum Gasteiger partial charge on any atom is 0.213 e. The number of nitrogens with zero attached hydrogens (tertiary/aromatic N) is 2. The lowest BCUT2D eigenvalue weighted by Crippen LogP contribution is -2.42. The van der Waals surface area contributed by atoms with E-state index in [4.69, 9.17) is 14.2 Å². The highest BCUT2D eigenvalue weighted by atomic mass is 19.1. The van der Waals surface area contributed by atoms with Gasteiger partial charge in [0.2, 0.25) is 5.88 Å². The van der Waals surface area contributed by atoms with Crippen molar-refractivity contribution in [2.75, 3.05) is 46.6 Å². The number of methoxy groups -OCH3 is 1. The van der Waals surface area contributed by atoms with Crippen LogP contribution >= 0.6 is 0 Å². The van der Waals surface area contributed by atoms with Crippen LogP contribution in [0.15, 0.2) is 48.7 Å². The third kappa shape index (κ3) is 4.53. The number of rotatable bonds is 7. The molecule has 1 unspecified atom stereocenters. The van der Waals surface area contributed by atoms with Crippen LogP contribution in [0.3, 0.4) is 0 Å². The van der Waals surface area contributed by atoms with E-state index in [-0.39, 0.29) is 6.61 Å². The number of pyridine rings is 1. The molecule has 1 saturated heterocycles. The number of benzene rings is 2. The van der Waals surface area contributed by atoms with Crippen LogP contribution < -0.4 is 9.47 Å². The van der Waals surface area contributed by atoms with Crippen LogP contribution in [0.4, 0.5) is 4.39 Å². The summed E-state index contributed by atoms with van der Waals surface area (Å²) < 4.78 is 30.9. The van der Waals surface area contributed by atoms with E-state index in [9.17, 15) is 9.50 Å². The Labute approximate surface area is 174 Å². The molecule has 6 nitrogen and oxygen atoms in total. The molecular formula is C23H25FN2O4. The first-order valence-electron chi connectivity index (χ1n) is 9.98. The van der Waals surface area contributed by atoms with Gasteiger partial charge in [0.05, 0.1) is 26.5 Å². The summed E-state index contributed by atoms with van der Waals surface area (Å²) >= 11 is 0. The number of aromatic nitrogens is 1. The van der Waals surface area contributed by atoms with Gasteiger partial charge in [0.1, 0.15) is 24.3 Å². The van der Waals surface area contributed by atoms with Crippen LogP contribution in [0, 0.1) is 5.82 Å². The van der Waals surface area contributed by atoms with Gasteiger partial charge < -0.3 is 19.3 Å². The van der Waals surface area contributed by atoms with Gasteiger partial charge in [-0.3, -0.25) is 4.90 Å². The van der Waals surface area contributed by atoms with Crippen molar-refractivity contribution in [1.82, 2.24) is 9.88 Å². The lowest BCUT2D eigenvalue weighted by Gasteiger charge is -2.28. The van der Waals surface area contributed by atoms with Crippen molar-refractivity contribution in [1.29, 1.82) is 0 Å². The second kappa shape index (κ2) is 9.38. The van der Waals surface area contributed by atoms with Crippen molar-refractivity contribution in [3.8, 4) is 22.8 Å².